The van der Waals surface area contributed by atoms with Crippen LogP contribution in [0.4, 0.5) is 17.3 Å². The van der Waals surface area contributed by atoms with E-state index in [0.717, 1.165) is 51.9 Å². The summed E-state index contributed by atoms with van der Waals surface area (Å²) in [5.41, 5.74) is 0.0799. The Hall–Kier alpha value is -1.92. The molecule has 1 aromatic heterocycles. The van der Waals surface area contributed by atoms with Gasteiger partial charge in [0.15, 0.2) is 0 Å². The van der Waals surface area contributed by atoms with E-state index in [1.807, 2.05) is 9.80 Å². The summed E-state index contributed by atoms with van der Waals surface area (Å²) in [6.07, 6.45) is 6.93. The minimum Gasteiger partial charge on any atom is -0.351 e. The van der Waals surface area contributed by atoms with Crippen LogP contribution >= 0.6 is 0 Å². The summed E-state index contributed by atoms with van der Waals surface area (Å²) < 4.78 is 0. The second-order valence-corrected chi connectivity index (χ2v) is 5.37. The molecule has 0 aliphatic carbocycles. The zero-order chi connectivity index (χ0) is 13.9. The van der Waals surface area contributed by atoms with E-state index in [1.165, 1.54) is 12.7 Å². The standard InChI is InChI=1S/C13H19N5O2/c19-18(20)11-12(16-6-2-1-3-7-16)14-10-15-13(11)17-8-4-5-9-17/h10H,1-9H2. The van der Waals surface area contributed by atoms with Crippen molar-refractivity contribution in [1.29, 1.82) is 0 Å². The van der Waals surface area contributed by atoms with Crippen molar-refractivity contribution in [2.24, 2.45) is 0 Å². The maximum Gasteiger partial charge on any atom is 0.353 e. The number of hydrogen-bond donors (Lipinski definition) is 0. The molecule has 2 saturated heterocycles. The fourth-order valence-corrected chi connectivity index (χ4v) is 3.02. The summed E-state index contributed by atoms with van der Waals surface area (Å²) in [6.45, 7) is 3.38. The second-order valence-electron chi connectivity index (χ2n) is 5.37. The molecule has 0 N–H and O–H groups in total. The average molecular weight is 277 g/mol. The zero-order valence-corrected chi connectivity index (χ0v) is 11.5. The second kappa shape index (κ2) is 5.60. The molecule has 0 aromatic carbocycles. The van der Waals surface area contributed by atoms with E-state index < -0.39 is 0 Å². The van der Waals surface area contributed by atoms with Crippen LogP contribution in [0.15, 0.2) is 6.33 Å². The predicted molar refractivity (Wildman–Crippen MR) is 76.2 cm³/mol. The van der Waals surface area contributed by atoms with Crippen LogP contribution in [0.2, 0.25) is 0 Å². The summed E-state index contributed by atoms with van der Waals surface area (Å²) in [6, 6.07) is 0. The lowest BCUT2D eigenvalue weighted by atomic mass is 10.1. The summed E-state index contributed by atoms with van der Waals surface area (Å²) in [4.78, 5) is 23.6. The number of anilines is 2. The third kappa shape index (κ3) is 2.39. The first-order chi connectivity index (χ1) is 9.77. The molecule has 0 atom stereocenters. The monoisotopic (exact) mass is 277 g/mol. The van der Waals surface area contributed by atoms with Crippen LogP contribution in [0.5, 0.6) is 0 Å². The third-order valence-corrected chi connectivity index (χ3v) is 4.03. The Morgan fingerprint density at radius 3 is 1.80 bits per heavy atom. The molecular weight excluding hydrogens is 258 g/mol. The van der Waals surface area contributed by atoms with Crippen molar-refractivity contribution in [3.8, 4) is 0 Å². The van der Waals surface area contributed by atoms with E-state index in [4.69, 9.17) is 0 Å². The lowest BCUT2D eigenvalue weighted by molar-refractivity contribution is -0.383. The maximum atomic E-state index is 11.5. The minimum absolute atomic E-state index is 0.0799. The molecule has 20 heavy (non-hydrogen) atoms. The largest absolute Gasteiger partial charge is 0.353 e. The molecule has 0 radical (unpaired) electrons. The lowest BCUT2D eigenvalue weighted by Crippen LogP contribution is -2.31. The molecule has 108 valence electrons. The van der Waals surface area contributed by atoms with Crippen molar-refractivity contribution in [3.63, 3.8) is 0 Å². The van der Waals surface area contributed by atoms with Crippen LogP contribution in [0.1, 0.15) is 32.1 Å². The number of nitro groups is 1. The highest BCUT2D eigenvalue weighted by molar-refractivity contribution is 5.71. The molecule has 2 aliphatic heterocycles. The van der Waals surface area contributed by atoms with E-state index in [0.29, 0.717) is 11.6 Å². The van der Waals surface area contributed by atoms with Crippen molar-refractivity contribution < 1.29 is 4.92 Å². The molecule has 3 rings (SSSR count). The molecule has 2 fully saturated rings. The minimum atomic E-state index is -0.322. The normalized spacial score (nSPS) is 19.4. The Morgan fingerprint density at radius 2 is 1.35 bits per heavy atom. The van der Waals surface area contributed by atoms with Crippen molar-refractivity contribution >= 4 is 17.3 Å². The molecule has 2 aliphatic rings. The first-order valence-corrected chi connectivity index (χ1v) is 7.26. The Kier molecular flexibility index (Phi) is 3.66. The van der Waals surface area contributed by atoms with Crippen LogP contribution in [0.25, 0.3) is 0 Å². The fourth-order valence-electron chi connectivity index (χ4n) is 3.02. The molecule has 0 bridgehead atoms. The number of rotatable bonds is 3. The van der Waals surface area contributed by atoms with Gasteiger partial charge in [0.2, 0.25) is 11.6 Å². The number of nitrogens with zero attached hydrogens (tertiary/aromatic N) is 5. The number of piperidine rings is 1. The van der Waals surface area contributed by atoms with Crippen molar-refractivity contribution in [2.45, 2.75) is 32.1 Å². The van der Waals surface area contributed by atoms with Gasteiger partial charge in [0.1, 0.15) is 6.33 Å². The van der Waals surface area contributed by atoms with Crippen molar-refractivity contribution in [2.75, 3.05) is 36.0 Å². The van der Waals surface area contributed by atoms with Gasteiger partial charge >= 0.3 is 5.69 Å². The maximum absolute atomic E-state index is 11.5. The van der Waals surface area contributed by atoms with E-state index >= 15 is 0 Å². The quantitative estimate of drug-likeness (QED) is 0.621. The first-order valence-electron chi connectivity index (χ1n) is 7.26. The SMILES string of the molecule is O=[N+]([O-])c1c(N2CCCCC2)ncnc1N1CCCC1. The average Bonchev–Trinajstić information content (AvgIpc) is 3.01. The number of aromatic nitrogens is 2. The lowest BCUT2D eigenvalue weighted by Gasteiger charge is -2.28. The summed E-state index contributed by atoms with van der Waals surface area (Å²) >= 11 is 0. The molecule has 0 unspecified atom stereocenters. The van der Waals surface area contributed by atoms with Gasteiger partial charge in [0, 0.05) is 26.2 Å². The summed E-state index contributed by atoms with van der Waals surface area (Å²) in [5.74, 6) is 0.981. The molecule has 0 spiro atoms. The number of hydrogen-bond acceptors (Lipinski definition) is 6. The van der Waals surface area contributed by atoms with Crippen molar-refractivity contribution in [1.82, 2.24) is 9.97 Å². The Balaban J connectivity index is 2.00. The van der Waals surface area contributed by atoms with Crippen LogP contribution in [0, 0.1) is 10.1 Å². The summed E-state index contributed by atoms with van der Waals surface area (Å²) in [7, 11) is 0. The van der Waals surface area contributed by atoms with Crippen molar-refractivity contribution in [3.05, 3.63) is 16.4 Å². The molecule has 7 nitrogen and oxygen atoms in total. The fraction of sp³-hybridized carbons (Fsp3) is 0.692. The Bertz CT molecular complexity index is 496. The topological polar surface area (TPSA) is 75.4 Å². The molecule has 1 aromatic rings. The summed E-state index contributed by atoms with van der Waals surface area (Å²) in [5, 5.41) is 11.5. The van der Waals surface area contributed by atoms with Gasteiger partial charge < -0.3 is 9.80 Å². The third-order valence-electron chi connectivity index (χ3n) is 4.03. The van der Waals surface area contributed by atoms with E-state index in [2.05, 4.69) is 9.97 Å². The van der Waals surface area contributed by atoms with Gasteiger partial charge in [-0.05, 0) is 32.1 Å². The Morgan fingerprint density at radius 1 is 0.900 bits per heavy atom. The van der Waals surface area contributed by atoms with E-state index in [1.54, 1.807) is 0 Å². The highest BCUT2D eigenvalue weighted by atomic mass is 16.6. The van der Waals surface area contributed by atoms with Crippen LogP contribution in [-0.2, 0) is 0 Å². The molecule has 0 amide bonds. The molecule has 7 heteroatoms. The van der Waals surface area contributed by atoms with Gasteiger partial charge in [-0.3, -0.25) is 10.1 Å². The van der Waals surface area contributed by atoms with Crippen LogP contribution in [0.3, 0.4) is 0 Å². The zero-order valence-electron chi connectivity index (χ0n) is 11.5. The first kappa shape index (κ1) is 13.1. The highest BCUT2D eigenvalue weighted by Crippen LogP contribution is 2.36. The van der Waals surface area contributed by atoms with Gasteiger partial charge in [0.25, 0.3) is 0 Å². The smallest absolute Gasteiger partial charge is 0.351 e. The van der Waals surface area contributed by atoms with Gasteiger partial charge in [-0.1, -0.05) is 0 Å². The molecular formula is C13H19N5O2. The predicted octanol–water partition coefficient (Wildman–Crippen LogP) is 1.98. The van der Waals surface area contributed by atoms with Gasteiger partial charge in [-0.25, -0.2) is 9.97 Å². The Labute approximate surface area is 117 Å². The van der Waals surface area contributed by atoms with E-state index in [9.17, 15) is 10.1 Å². The van der Waals surface area contributed by atoms with Gasteiger partial charge in [-0.2, -0.15) is 0 Å². The molecule has 3 heterocycles. The van der Waals surface area contributed by atoms with Gasteiger partial charge in [-0.15, -0.1) is 0 Å². The van der Waals surface area contributed by atoms with Crippen LogP contribution < -0.4 is 9.80 Å². The van der Waals surface area contributed by atoms with E-state index in [-0.39, 0.29) is 10.6 Å². The highest BCUT2D eigenvalue weighted by Gasteiger charge is 2.31. The van der Waals surface area contributed by atoms with Crippen LogP contribution in [-0.4, -0.2) is 41.1 Å². The van der Waals surface area contributed by atoms with Gasteiger partial charge in [0.05, 0.1) is 4.92 Å². The molecule has 0 saturated carbocycles.